The van der Waals surface area contributed by atoms with Gasteiger partial charge < -0.3 is 11.1 Å². The predicted molar refractivity (Wildman–Crippen MR) is 85.4 cm³/mol. The van der Waals surface area contributed by atoms with Crippen molar-refractivity contribution in [2.45, 2.75) is 52.4 Å². The van der Waals surface area contributed by atoms with Crippen LogP contribution >= 0.6 is 0 Å². The Labute approximate surface area is 118 Å². The molecule has 0 aliphatic rings. The topological polar surface area (TPSA) is 38.0 Å². The first kappa shape index (κ1) is 16.0. The van der Waals surface area contributed by atoms with Crippen molar-refractivity contribution in [1.82, 2.24) is 5.32 Å². The molecule has 0 amide bonds. The second-order valence-electron chi connectivity index (χ2n) is 5.47. The molecule has 0 saturated carbocycles. The van der Waals surface area contributed by atoms with Crippen molar-refractivity contribution < 1.29 is 0 Å². The highest BCUT2D eigenvalue weighted by molar-refractivity contribution is 5.39. The second kappa shape index (κ2) is 9.85. The Kier molecular flexibility index (Phi) is 8.31. The molecule has 108 valence electrons. The van der Waals surface area contributed by atoms with Crippen LogP contribution in [0.25, 0.3) is 0 Å². The fourth-order valence-corrected chi connectivity index (χ4v) is 2.35. The fourth-order valence-electron chi connectivity index (χ4n) is 2.35. The van der Waals surface area contributed by atoms with Gasteiger partial charge in [0.1, 0.15) is 0 Å². The van der Waals surface area contributed by atoms with Crippen LogP contribution in [0.15, 0.2) is 24.3 Å². The SMILES string of the molecule is CCCCC(CC)CNCCCc1ccc(N)cc1. The van der Waals surface area contributed by atoms with Gasteiger partial charge in [-0.05, 0) is 56.0 Å². The Bertz CT molecular complexity index is 319. The molecule has 1 rings (SSSR count). The summed E-state index contributed by atoms with van der Waals surface area (Å²) in [4.78, 5) is 0. The van der Waals surface area contributed by atoms with Crippen LogP contribution < -0.4 is 11.1 Å². The second-order valence-corrected chi connectivity index (χ2v) is 5.47. The Hall–Kier alpha value is -1.02. The maximum Gasteiger partial charge on any atom is 0.0314 e. The van der Waals surface area contributed by atoms with Crippen molar-refractivity contribution in [1.29, 1.82) is 0 Å². The molecule has 3 N–H and O–H groups in total. The summed E-state index contributed by atoms with van der Waals surface area (Å²) >= 11 is 0. The standard InChI is InChI=1S/C17H30N2/c1-3-5-7-15(4-2)14-19-13-6-8-16-9-11-17(18)12-10-16/h9-12,15,19H,3-8,13-14,18H2,1-2H3. The Morgan fingerprint density at radius 2 is 1.84 bits per heavy atom. The van der Waals surface area contributed by atoms with Crippen molar-refractivity contribution in [2.75, 3.05) is 18.8 Å². The zero-order valence-electron chi connectivity index (χ0n) is 12.6. The molecule has 1 atom stereocenters. The summed E-state index contributed by atoms with van der Waals surface area (Å²) in [7, 11) is 0. The summed E-state index contributed by atoms with van der Waals surface area (Å²) in [5.41, 5.74) is 7.91. The predicted octanol–water partition coefficient (Wildman–Crippen LogP) is 4.01. The largest absolute Gasteiger partial charge is 0.399 e. The number of nitrogens with two attached hydrogens (primary N) is 1. The van der Waals surface area contributed by atoms with Gasteiger partial charge in [-0.2, -0.15) is 0 Å². The maximum absolute atomic E-state index is 5.68. The van der Waals surface area contributed by atoms with Crippen molar-refractivity contribution in [3.05, 3.63) is 29.8 Å². The molecule has 0 aliphatic carbocycles. The zero-order chi connectivity index (χ0) is 13.9. The minimum atomic E-state index is 0.851. The summed E-state index contributed by atoms with van der Waals surface area (Å²) in [5.74, 6) is 0.858. The highest BCUT2D eigenvalue weighted by atomic mass is 14.8. The van der Waals surface area contributed by atoms with E-state index in [9.17, 15) is 0 Å². The van der Waals surface area contributed by atoms with Gasteiger partial charge in [-0.1, -0.05) is 45.2 Å². The average molecular weight is 262 g/mol. The van der Waals surface area contributed by atoms with Crippen LogP contribution in [0.1, 0.15) is 51.5 Å². The molecule has 0 fully saturated rings. The zero-order valence-corrected chi connectivity index (χ0v) is 12.6. The van der Waals surface area contributed by atoms with Gasteiger partial charge in [0.15, 0.2) is 0 Å². The molecule has 1 aromatic carbocycles. The monoisotopic (exact) mass is 262 g/mol. The van der Waals surface area contributed by atoms with Crippen LogP contribution in [0, 0.1) is 5.92 Å². The summed E-state index contributed by atoms with van der Waals surface area (Å²) in [5, 5.41) is 3.60. The molecule has 2 nitrogen and oxygen atoms in total. The number of aryl methyl sites for hydroxylation is 1. The number of rotatable bonds is 10. The van der Waals surface area contributed by atoms with E-state index in [0.29, 0.717) is 0 Å². The Morgan fingerprint density at radius 3 is 2.47 bits per heavy atom. The van der Waals surface area contributed by atoms with Crippen molar-refractivity contribution in [3.63, 3.8) is 0 Å². The van der Waals surface area contributed by atoms with Crippen molar-refractivity contribution >= 4 is 5.69 Å². The van der Waals surface area contributed by atoms with E-state index in [1.54, 1.807) is 0 Å². The van der Waals surface area contributed by atoms with E-state index in [2.05, 4.69) is 31.3 Å². The lowest BCUT2D eigenvalue weighted by Crippen LogP contribution is -2.23. The maximum atomic E-state index is 5.68. The van der Waals surface area contributed by atoms with Gasteiger partial charge in [0.05, 0.1) is 0 Å². The first-order valence-corrected chi connectivity index (χ1v) is 7.81. The number of benzene rings is 1. The van der Waals surface area contributed by atoms with Crippen LogP contribution in [-0.4, -0.2) is 13.1 Å². The molecule has 0 spiro atoms. The highest BCUT2D eigenvalue weighted by Gasteiger charge is 2.04. The molecular formula is C17H30N2. The van der Waals surface area contributed by atoms with E-state index in [4.69, 9.17) is 5.73 Å². The molecule has 0 aliphatic heterocycles. The van der Waals surface area contributed by atoms with Crippen molar-refractivity contribution in [2.24, 2.45) is 5.92 Å². The van der Waals surface area contributed by atoms with E-state index in [1.165, 1.54) is 44.2 Å². The van der Waals surface area contributed by atoms with Gasteiger partial charge in [-0.25, -0.2) is 0 Å². The van der Waals surface area contributed by atoms with E-state index in [-0.39, 0.29) is 0 Å². The van der Waals surface area contributed by atoms with Crippen LogP contribution in [0.4, 0.5) is 5.69 Å². The summed E-state index contributed by atoms with van der Waals surface area (Å²) in [6, 6.07) is 8.23. The lowest BCUT2D eigenvalue weighted by Gasteiger charge is -2.15. The third-order valence-corrected chi connectivity index (χ3v) is 3.78. The van der Waals surface area contributed by atoms with E-state index in [0.717, 1.165) is 24.6 Å². The normalized spacial score (nSPS) is 12.5. The van der Waals surface area contributed by atoms with Gasteiger partial charge in [0, 0.05) is 5.69 Å². The molecule has 0 heterocycles. The third-order valence-electron chi connectivity index (χ3n) is 3.78. The lowest BCUT2D eigenvalue weighted by atomic mass is 9.99. The van der Waals surface area contributed by atoms with Gasteiger partial charge in [0.25, 0.3) is 0 Å². The van der Waals surface area contributed by atoms with Crippen LogP contribution in [0.2, 0.25) is 0 Å². The van der Waals surface area contributed by atoms with Crippen LogP contribution in [-0.2, 0) is 6.42 Å². The molecular weight excluding hydrogens is 232 g/mol. The molecule has 0 bridgehead atoms. The number of nitrogens with one attached hydrogen (secondary N) is 1. The van der Waals surface area contributed by atoms with Crippen molar-refractivity contribution in [3.8, 4) is 0 Å². The fraction of sp³-hybridized carbons (Fsp3) is 0.647. The van der Waals surface area contributed by atoms with Gasteiger partial charge in [0.2, 0.25) is 0 Å². The van der Waals surface area contributed by atoms with Crippen LogP contribution in [0.3, 0.4) is 0 Å². The van der Waals surface area contributed by atoms with E-state index >= 15 is 0 Å². The quantitative estimate of drug-likeness (QED) is 0.494. The number of nitrogen functional groups attached to an aromatic ring is 1. The number of anilines is 1. The number of unbranched alkanes of at least 4 members (excludes halogenated alkanes) is 1. The summed E-state index contributed by atoms with van der Waals surface area (Å²) in [6.07, 6.45) is 7.69. The first-order valence-electron chi connectivity index (χ1n) is 7.81. The number of hydrogen-bond donors (Lipinski definition) is 2. The Morgan fingerprint density at radius 1 is 1.11 bits per heavy atom. The van der Waals surface area contributed by atoms with E-state index < -0.39 is 0 Å². The minimum absolute atomic E-state index is 0.851. The third kappa shape index (κ3) is 7.22. The van der Waals surface area contributed by atoms with E-state index in [1.807, 2.05) is 12.1 Å². The summed E-state index contributed by atoms with van der Waals surface area (Å²) in [6.45, 7) is 6.87. The van der Waals surface area contributed by atoms with Crippen LogP contribution in [0.5, 0.6) is 0 Å². The number of hydrogen-bond acceptors (Lipinski definition) is 2. The molecule has 0 aromatic heterocycles. The smallest absolute Gasteiger partial charge is 0.0314 e. The van der Waals surface area contributed by atoms with Gasteiger partial charge >= 0.3 is 0 Å². The molecule has 1 aromatic rings. The molecule has 2 heteroatoms. The molecule has 0 radical (unpaired) electrons. The highest BCUT2D eigenvalue weighted by Crippen LogP contribution is 2.11. The first-order chi connectivity index (χ1) is 9.26. The Balaban J connectivity index is 2.08. The summed E-state index contributed by atoms with van der Waals surface area (Å²) < 4.78 is 0. The molecule has 1 unspecified atom stereocenters. The van der Waals surface area contributed by atoms with Gasteiger partial charge in [-0.3, -0.25) is 0 Å². The average Bonchev–Trinajstić information content (AvgIpc) is 2.44. The molecule has 19 heavy (non-hydrogen) atoms. The van der Waals surface area contributed by atoms with Gasteiger partial charge in [-0.15, -0.1) is 0 Å². The minimum Gasteiger partial charge on any atom is -0.399 e. The lowest BCUT2D eigenvalue weighted by molar-refractivity contribution is 0.418. The molecule has 0 saturated heterocycles.